The van der Waals surface area contributed by atoms with Gasteiger partial charge in [-0.05, 0) is 30.3 Å². The number of carbonyl (C=O) groups excluding carboxylic acids is 2. The van der Waals surface area contributed by atoms with Crippen molar-refractivity contribution in [3.8, 4) is 0 Å². The number of hydrogen-bond acceptors (Lipinski definition) is 3. The lowest BCUT2D eigenvalue weighted by Crippen LogP contribution is -2.37. The van der Waals surface area contributed by atoms with E-state index in [1.165, 1.54) is 0 Å². The van der Waals surface area contributed by atoms with Gasteiger partial charge < -0.3 is 20.3 Å². The lowest BCUT2D eigenvalue weighted by atomic mass is 10.1. The lowest BCUT2D eigenvalue weighted by Gasteiger charge is -2.12. The maximum absolute atomic E-state index is 12.5. The molecule has 2 amide bonds. The second kappa shape index (κ2) is 7.96. The Labute approximate surface area is 163 Å². The molecule has 2 aromatic carbocycles. The third-order valence-corrected chi connectivity index (χ3v) is 4.42. The molecule has 1 heterocycles. The molecule has 3 rings (SSSR count). The second-order valence-electron chi connectivity index (χ2n) is 6.47. The number of carbonyl (C=O) groups is 2. The maximum Gasteiger partial charge on any atom is 0.416 e. The van der Waals surface area contributed by atoms with Crippen LogP contribution in [0.3, 0.4) is 0 Å². The zero-order valence-electron chi connectivity index (χ0n) is 15.3. The van der Waals surface area contributed by atoms with Crippen molar-refractivity contribution >= 4 is 28.4 Å². The minimum atomic E-state index is -4.49. The molecule has 3 aromatic rings. The first-order valence-electron chi connectivity index (χ1n) is 8.65. The molecule has 1 aromatic heterocycles. The summed E-state index contributed by atoms with van der Waals surface area (Å²) in [6.07, 6.45) is -3.79. The summed E-state index contributed by atoms with van der Waals surface area (Å²) >= 11 is 0. The van der Waals surface area contributed by atoms with Gasteiger partial charge in [-0.3, -0.25) is 9.59 Å². The van der Waals surface area contributed by atoms with Crippen molar-refractivity contribution in [1.29, 1.82) is 0 Å². The number of hydrogen-bond donors (Lipinski definition) is 3. The molecule has 0 aliphatic rings. The number of alkyl halides is 3. The highest BCUT2D eigenvalue weighted by Gasteiger charge is 2.30. The fourth-order valence-corrected chi connectivity index (χ4v) is 2.95. The third-order valence-electron chi connectivity index (χ3n) is 4.42. The number of nitrogens with one attached hydrogen (secondary N) is 2. The van der Waals surface area contributed by atoms with Crippen LogP contribution in [0.2, 0.25) is 0 Å². The minimum Gasteiger partial charge on any atom is -0.386 e. The molecule has 0 saturated heterocycles. The number of fused-ring (bicyclic) bond motifs is 1. The Hall–Kier alpha value is -3.33. The van der Waals surface area contributed by atoms with Gasteiger partial charge in [-0.25, -0.2) is 0 Å². The second-order valence-corrected chi connectivity index (χ2v) is 6.47. The van der Waals surface area contributed by atoms with E-state index < -0.39 is 29.7 Å². The fourth-order valence-electron chi connectivity index (χ4n) is 2.95. The smallest absolute Gasteiger partial charge is 0.386 e. The Bertz CT molecular complexity index is 1040. The monoisotopic (exact) mass is 405 g/mol. The van der Waals surface area contributed by atoms with Crippen LogP contribution in [0.5, 0.6) is 0 Å². The number of anilines is 1. The van der Waals surface area contributed by atoms with Crippen LogP contribution in [0.1, 0.15) is 17.2 Å². The van der Waals surface area contributed by atoms with Gasteiger partial charge in [0.1, 0.15) is 0 Å². The zero-order chi connectivity index (χ0) is 21.2. The summed E-state index contributed by atoms with van der Waals surface area (Å²) in [5.41, 5.74) is 0.699. The largest absolute Gasteiger partial charge is 0.416 e. The molecular weight excluding hydrogens is 387 g/mol. The number of amides is 2. The van der Waals surface area contributed by atoms with E-state index in [0.29, 0.717) is 5.56 Å². The Balaban J connectivity index is 1.59. The van der Waals surface area contributed by atoms with Crippen molar-refractivity contribution in [2.45, 2.75) is 12.3 Å². The molecule has 3 N–H and O–H groups in total. The third kappa shape index (κ3) is 4.57. The number of aliphatic hydroxyl groups is 1. The van der Waals surface area contributed by atoms with Crippen molar-refractivity contribution < 1.29 is 27.9 Å². The predicted molar refractivity (Wildman–Crippen MR) is 101 cm³/mol. The van der Waals surface area contributed by atoms with Gasteiger partial charge in [0.25, 0.3) is 0 Å². The van der Waals surface area contributed by atoms with E-state index in [9.17, 15) is 27.9 Å². The van der Waals surface area contributed by atoms with Crippen LogP contribution in [-0.4, -0.2) is 28.0 Å². The molecule has 152 valence electrons. The average molecular weight is 405 g/mol. The Morgan fingerprint density at radius 2 is 1.72 bits per heavy atom. The number of para-hydroxylation sites is 1. The van der Waals surface area contributed by atoms with Crippen molar-refractivity contribution in [2.75, 3.05) is 11.9 Å². The molecule has 0 radical (unpaired) electrons. The zero-order valence-corrected chi connectivity index (χ0v) is 15.3. The molecule has 0 fully saturated rings. The minimum absolute atomic E-state index is 0.0488. The quantitative estimate of drug-likeness (QED) is 0.584. The maximum atomic E-state index is 12.5. The molecule has 0 aliphatic carbocycles. The van der Waals surface area contributed by atoms with E-state index >= 15 is 0 Å². The van der Waals surface area contributed by atoms with E-state index in [0.717, 1.165) is 35.2 Å². The number of nitrogens with zero attached hydrogens (tertiary/aromatic N) is 1. The summed E-state index contributed by atoms with van der Waals surface area (Å²) < 4.78 is 39.5. The van der Waals surface area contributed by atoms with Crippen LogP contribution in [-0.2, 0) is 22.8 Å². The summed E-state index contributed by atoms with van der Waals surface area (Å²) in [5.74, 6) is -2.06. The highest BCUT2D eigenvalue weighted by Crippen LogP contribution is 2.30. The van der Waals surface area contributed by atoms with Crippen molar-refractivity contribution in [3.05, 3.63) is 65.9 Å². The van der Waals surface area contributed by atoms with E-state index in [-0.39, 0.29) is 12.2 Å². The van der Waals surface area contributed by atoms with Crippen molar-refractivity contribution in [2.24, 2.45) is 7.05 Å². The molecule has 9 heteroatoms. The average Bonchev–Trinajstić information content (AvgIpc) is 3.02. The molecular formula is C20H18F3N3O3. The van der Waals surface area contributed by atoms with Crippen molar-refractivity contribution in [3.63, 3.8) is 0 Å². The molecule has 6 nitrogen and oxygen atoms in total. The molecule has 0 spiro atoms. The van der Waals surface area contributed by atoms with Crippen LogP contribution < -0.4 is 10.6 Å². The predicted octanol–water partition coefficient (Wildman–Crippen LogP) is 2.99. The number of aliphatic hydroxyl groups excluding tert-OH is 1. The van der Waals surface area contributed by atoms with Gasteiger partial charge >= 0.3 is 18.0 Å². The highest BCUT2D eigenvalue weighted by molar-refractivity contribution is 6.39. The van der Waals surface area contributed by atoms with Crippen LogP contribution in [0.4, 0.5) is 18.9 Å². The van der Waals surface area contributed by atoms with E-state index in [2.05, 4.69) is 10.6 Å². The molecule has 0 aliphatic heterocycles. The topological polar surface area (TPSA) is 83.4 Å². The Morgan fingerprint density at radius 1 is 1.07 bits per heavy atom. The van der Waals surface area contributed by atoms with Gasteiger partial charge in [0.05, 0.1) is 11.7 Å². The number of halogens is 3. The van der Waals surface area contributed by atoms with Gasteiger partial charge in [0.15, 0.2) is 0 Å². The first-order valence-corrected chi connectivity index (χ1v) is 8.65. The first kappa shape index (κ1) is 20.4. The summed E-state index contributed by atoms with van der Waals surface area (Å²) in [7, 11) is 1.83. The molecule has 29 heavy (non-hydrogen) atoms. The summed E-state index contributed by atoms with van der Waals surface area (Å²) in [6.45, 7) is -0.201. The SMILES string of the molecule is Cn1cc(C(O)CNC(=O)C(=O)Nc2ccc(C(F)(F)F)cc2)c2ccccc21. The lowest BCUT2D eigenvalue weighted by molar-refractivity contribution is -0.137. The first-order chi connectivity index (χ1) is 13.7. The van der Waals surface area contributed by atoms with Crippen LogP contribution in [0, 0.1) is 0 Å². The van der Waals surface area contributed by atoms with E-state index in [1.807, 2.05) is 35.9 Å². The van der Waals surface area contributed by atoms with Gasteiger partial charge in [-0.15, -0.1) is 0 Å². The van der Waals surface area contributed by atoms with Gasteiger partial charge in [-0.1, -0.05) is 18.2 Å². The standard InChI is InChI=1S/C20H18F3N3O3/c1-26-11-15(14-4-2-3-5-16(14)26)17(27)10-24-18(28)19(29)25-13-8-6-12(7-9-13)20(21,22)23/h2-9,11,17,27H,10H2,1H3,(H,24,28)(H,25,29). The van der Waals surface area contributed by atoms with Crippen LogP contribution >= 0.6 is 0 Å². The molecule has 0 bridgehead atoms. The van der Waals surface area contributed by atoms with E-state index in [1.54, 1.807) is 6.20 Å². The summed E-state index contributed by atoms with van der Waals surface area (Å²) in [4.78, 5) is 23.9. The van der Waals surface area contributed by atoms with Crippen LogP contribution in [0.25, 0.3) is 10.9 Å². The van der Waals surface area contributed by atoms with Crippen molar-refractivity contribution in [1.82, 2.24) is 9.88 Å². The normalized spacial score (nSPS) is 12.6. The number of aromatic nitrogens is 1. The van der Waals surface area contributed by atoms with E-state index in [4.69, 9.17) is 0 Å². The Kier molecular flexibility index (Phi) is 5.60. The number of benzene rings is 2. The number of rotatable bonds is 4. The van der Waals surface area contributed by atoms with Gasteiger partial charge in [-0.2, -0.15) is 13.2 Å². The Morgan fingerprint density at radius 3 is 2.38 bits per heavy atom. The highest BCUT2D eigenvalue weighted by atomic mass is 19.4. The van der Waals surface area contributed by atoms with Crippen LogP contribution in [0.15, 0.2) is 54.7 Å². The fraction of sp³-hybridized carbons (Fsp3) is 0.200. The molecule has 0 saturated carbocycles. The summed E-state index contributed by atoms with van der Waals surface area (Å²) in [5, 5.41) is 15.8. The van der Waals surface area contributed by atoms with Gasteiger partial charge in [0, 0.05) is 41.9 Å². The summed E-state index contributed by atoms with van der Waals surface area (Å²) in [6, 6.07) is 11.1. The molecule has 1 atom stereocenters. The number of aryl methyl sites for hydroxylation is 1. The van der Waals surface area contributed by atoms with Gasteiger partial charge in [0.2, 0.25) is 0 Å². The molecule has 1 unspecified atom stereocenters.